The van der Waals surface area contributed by atoms with E-state index in [1.54, 1.807) is 0 Å². The standard InChI is InChI=1S/Ba.HI.H2O4S.2H/c;;1-5(2,3)4;;/h;1H;(H2,1,2,3,4);;/q+2;;;2*-1. The molecule has 0 aromatic carbocycles. The van der Waals surface area contributed by atoms with Gasteiger partial charge in [0, 0.05) is 0 Å². The molecular formula is H5BaIO4S. The van der Waals surface area contributed by atoms with Crippen molar-refractivity contribution in [2.45, 2.75) is 0 Å². The Balaban J connectivity index is -0.0000000133. The predicted octanol–water partition coefficient (Wildman–Crippen LogP) is -0.191. The molecule has 0 heterocycles. The molecule has 0 aliphatic carbocycles. The van der Waals surface area contributed by atoms with Crippen LogP contribution < -0.4 is 0 Å². The molecule has 0 unspecified atom stereocenters. The molecule has 0 aliphatic heterocycles. The first kappa shape index (κ1) is 16.1. The van der Waals surface area contributed by atoms with Gasteiger partial charge in [0.25, 0.3) is 0 Å². The van der Waals surface area contributed by atoms with Crippen LogP contribution in [-0.2, 0) is 10.4 Å². The number of halogens is 1. The van der Waals surface area contributed by atoms with E-state index in [1.807, 2.05) is 0 Å². The topological polar surface area (TPSA) is 74.6 Å². The molecule has 44 valence electrons. The third-order valence-corrected chi connectivity index (χ3v) is 0. The minimum atomic E-state index is -4.67. The second-order valence-electron chi connectivity index (χ2n) is 0.448. The second-order valence-corrected chi connectivity index (χ2v) is 1.34. The SMILES string of the molecule is I.O=S(=O)(O)O.[Ba+2].[H-].[H-]. The molecule has 0 atom stereocenters. The third kappa shape index (κ3) is 66.0. The van der Waals surface area contributed by atoms with Crippen molar-refractivity contribution < 1.29 is 20.4 Å². The van der Waals surface area contributed by atoms with Crippen LogP contribution in [0, 0.1) is 0 Å². The van der Waals surface area contributed by atoms with E-state index in [9.17, 15) is 0 Å². The van der Waals surface area contributed by atoms with E-state index in [4.69, 9.17) is 17.5 Å². The van der Waals surface area contributed by atoms with Gasteiger partial charge in [0.1, 0.15) is 0 Å². The second kappa shape index (κ2) is 6.29. The zero-order valence-corrected chi connectivity index (χ0v) is 10.8. The summed E-state index contributed by atoms with van der Waals surface area (Å²) in [5, 5.41) is 0. The van der Waals surface area contributed by atoms with Gasteiger partial charge in [-0.1, -0.05) is 0 Å². The Morgan fingerprint density at radius 1 is 1.29 bits per heavy atom. The summed E-state index contributed by atoms with van der Waals surface area (Å²) in [6, 6.07) is 0. The fourth-order valence-electron chi connectivity index (χ4n) is 0. The van der Waals surface area contributed by atoms with Crippen molar-refractivity contribution in [3.63, 3.8) is 0 Å². The van der Waals surface area contributed by atoms with Gasteiger partial charge < -0.3 is 2.85 Å². The Morgan fingerprint density at radius 3 is 1.29 bits per heavy atom. The van der Waals surface area contributed by atoms with E-state index in [2.05, 4.69) is 0 Å². The van der Waals surface area contributed by atoms with Gasteiger partial charge in [-0.15, -0.1) is 24.0 Å². The fraction of sp³-hybridized carbons (Fsp3) is 0. The van der Waals surface area contributed by atoms with Crippen molar-refractivity contribution >= 4 is 83.3 Å². The van der Waals surface area contributed by atoms with Crippen LogP contribution in [-0.4, -0.2) is 66.4 Å². The average molecular weight is 365 g/mol. The first-order chi connectivity index (χ1) is 2.00. The maximum atomic E-state index is 8.74. The van der Waals surface area contributed by atoms with Crippen LogP contribution >= 0.6 is 24.0 Å². The molecule has 2 N–H and O–H groups in total. The summed E-state index contributed by atoms with van der Waals surface area (Å²) in [7, 11) is -4.67. The Bertz CT molecular complexity index is 102. The van der Waals surface area contributed by atoms with Gasteiger partial charge in [0.2, 0.25) is 0 Å². The van der Waals surface area contributed by atoms with Crippen LogP contribution in [0.2, 0.25) is 0 Å². The van der Waals surface area contributed by atoms with Gasteiger partial charge in [-0.25, -0.2) is 0 Å². The Kier molecular flexibility index (Phi) is 14.5. The van der Waals surface area contributed by atoms with Crippen molar-refractivity contribution in [3.8, 4) is 0 Å². The van der Waals surface area contributed by atoms with Crippen molar-refractivity contribution in [1.29, 1.82) is 0 Å². The molecule has 0 rings (SSSR count). The van der Waals surface area contributed by atoms with Gasteiger partial charge in [-0.3, -0.25) is 9.11 Å². The smallest absolute Gasteiger partial charge is 1.00 e. The van der Waals surface area contributed by atoms with Crippen LogP contribution in [0.1, 0.15) is 2.85 Å². The van der Waals surface area contributed by atoms with Crippen molar-refractivity contribution in [2.75, 3.05) is 0 Å². The van der Waals surface area contributed by atoms with Crippen LogP contribution in [0.15, 0.2) is 0 Å². The van der Waals surface area contributed by atoms with Gasteiger partial charge >= 0.3 is 59.3 Å². The van der Waals surface area contributed by atoms with E-state index in [1.165, 1.54) is 0 Å². The summed E-state index contributed by atoms with van der Waals surface area (Å²) in [5.74, 6) is 0. The molecule has 0 radical (unpaired) electrons. The van der Waals surface area contributed by atoms with E-state index in [0.29, 0.717) is 0 Å². The molecule has 0 aromatic rings. The minimum Gasteiger partial charge on any atom is -1.00 e. The predicted molar refractivity (Wildman–Crippen MR) is 37.6 cm³/mol. The zero-order chi connectivity index (χ0) is 4.50. The van der Waals surface area contributed by atoms with Crippen LogP contribution in [0.3, 0.4) is 0 Å². The minimum absolute atomic E-state index is 0. The Labute approximate surface area is 102 Å². The molecule has 0 spiro atoms. The molecule has 0 saturated carbocycles. The van der Waals surface area contributed by atoms with Crippen molar-refractivity contribution in [2.24, 2.45) is 0 Å². The molecule has 0 saturated heterocycles. The molecule has 0 aliphatic rings. The largest absolute Gasteiger partial charge is 2.00 e. The number of hydrogen-bond acceptors (Lipinski definition) is 2. The monoisotopic (exact) mass is 366 g/mol. The summed E-state index contributed by atoms with van der Waals surface area (Å²) >= 11 is 0. The van der Waals surface area contributed by atoms with E-state index in [0.717, 1.165) is 0 Å². The normalized spacial score (nSPS) is 8.29. The quantitative estimate of drug-likeness (QED) is 0.355. The number of hydrogen-bond donors (Lipinski definition) is 2. The summed E-state index contributed by atoms with van der Waals surface area (Å²) in [5.41, 5.74) is 0. The molecule has 7 heteroatoms. The first-order valence-corrected chi connectivity index (χ1v) is 2.10. The Hall–Kier alpha value is 2.17. The van der Waals surface area contributed by atoms with Crippen LogP contribution in [0.4, 0.5) is 0 Å². The summed E-state index contributed by atoms with van der Waals surface area (Å²) in [4.78, 5) is 0. The van der Waals surface area contributed by atoms with Crippen molar-refractivity contribution in [1.82, 2.24) is 0 Å². The fourth-order valence-corrected chi connectivity index (χ4v) is 0. The molecular weight excluding hydrogens is 360 g/mol. The van der Waals surface area contributed by atoms with E-state index >= 15 is 0 Å². The molecule has 0 fully saturated rings. The molecule has 4 nitrogen and oxygen atoms in total. The maximum Gasteiger partial charge on any atom is 2.00 e. The average Bonchev–Trinajstić information content (AvgIpc) is 0.722. The molecule has 0 amide bonds. The summed E-state index contributed by atoms with van der Waals surface area (Å²) in [6.07, 6.45) is 0. The first-order valence-electron chi connectivity index (χ1n) is 0.698. The molecule has 7 heavy (non-hydrogen) atoms. The Morgan fingerprint density at radius 2 is 1.29 bits per heavy atom. The van der Waals surface area contributed by atoms with Crippen LogP contribution in [0.5, 0.6) is 0 Å². The zero-order valence-electron chi connectivity index (χ0n) is 5.23. The van der Waals surface area contributed by atoms with E-state index < -0.39 is 10.4 Å². The maximum absolute atomic E-state index is 8.74. The van der Waals surface area contributed by atoms with Gasteiger partial charge in [0.15, 0.2) is 0 Å². The van der Waals surface area contributed by atoms with E-state index in [-0.39, 0.29) is 75.7 Å². The molecule has 0 bridgehead atoms. The number of rotatable bonds is 0. The van der Waals surface area contributed by atoms with Crippen LogP contribution in [0.25, 0.3) is 0 Å². The van der Waals surface area contributed by atoms with Gasteiger partial charge in [-0.05, 0) is 0 Å². The summed E-state index contributed by atoms with van der Waals surface area (Å²) in [6.45, 7) is 0. The third-order valence-electron chi connectivity index (χ3n) is 0. The molecule has 0 aromatic heterocycles. The van der Waals surface area contributed by atoms with Gasteiger partial charge in [0.05, 0.1) is 0 Å². The van der Waals surface area contributed by atoms with Crippen molar-refractivity contribution in [3.05, 3.63) is 0 Å². The summed E-state index contributed by atoms with van der Waals surface area (Å²) < 4.78 is 31.6. The van der Waals surface area contributed by atoms with Gasteiger partial charge in [-0.2, -0.15) is 8.42 Å².